The number of aryl methyl sites for hydroxylation is 1. The number of amides is 2. The standard InChI is InChI=1S/C10H11N3O3/c1-6-5-9(14)13(10(6)15)4-3-8-11-7(2)16-12-8/h5H,3-4H2,1-2H3. The molecule has 2 heterocycles. The van der Waals surface area contributed by atoms with Crippen LogP contribution in [-0.4, -0.2) is 33.4 Å². The summed E-state index contributed by atoms with van der Waals surface area (Å²) in [5, 5.41) is 3.69. The van der Waals surface area contributed by atoms with Crippen LogP contribution in [0.2, 0.25) is 0 Å². The van der Waals surface area contributed by atoms with Crippen molar-refractivity contribution in [2.45, 2.75) is 20.3 Å². The Labute approximate surface area is 91.9 Å². The van der Waals surface area contributed by atoms with Crippen molar-refractivity contribution in [3.8, 4) is 0 Å². The minimum absolute atomic E-state index is 0.245. The highest BCUT2D eigenvalue weighted by molar-refractivity contribution is 6.15. The maximum atomic E-state index is 11.5. The van der Waals surface area contributed by atoms with Crippen LogP contribution >= 0.6 is 0 Å². The third-order valence-electron chi connectivity index (χ3n) is 2.32. The fourth-order valence-electron chi connectivity index (χ4n) is 1.50. The molecule has 6 heteroatoms. The van der Waals surface area contributed by atoms with Crippen molar-refractivity contribution in [3.05, 3.63) is 23.4 Å². The minimum atomic E-state index is -0.275. The lowest BCUT2D eigenvalue weighted by molar-refractivity contribution is -0.137. The van der Waals surface area contributed by atoms with Crippen molar-refractivity contribution in [1.29, 1.82) is 0 Å². The molecule has 0 atom stereocenters. The first-order valence-corrected chi connectivity index (χ1v) is 4.91. The molecule has 0 unspecified atom stereocenters. The maximum absolute atomic E-state index is 11.5. The van der Waals surface area contributed by atoms with Gasteiger partial charge in [0, 0.05) is 31.5 Å². The number of hydrogen-bond acceptors (Lipinski definition) is 5. The van der Waals surface area contributed by atoms with Gasteiger partial charge in [0.25, 0.3) is 11.8 Å². The summed E-state index contributed by atoms with van der Waals surface area (Å²) in [5.41, 5.74) is 0.467. The number of nitrogens with zero attached hydrogens (tertiary/aromatic N) is 3. The molecule has 0 aliphatic carbocycles. The van der Waals surface area contributed by atoms with E-state index in [9.17, 15) is 9.59 Å². The Morgan fingerprint density at radius 1 is 1.38 bits per heavy atom. The predicted octanol–water partition coefficient (Wildman–Crippen LogP) is 0.236. The Bertz CT molecular complexity index is 475. The lowest BCUT2D eigenvalue weighted by Gasteiger charge is -2.12. The number of carbonyl (C=O) groups excluding carboxylic acids is 2. The molecule has 1 aromatic rings. The largest absolute Gasteiger partial charge is 0.340 e. The van der Waals surface area contributed by atoms with E-state index >= 15 is 0 Å². The molecular formula is C10H11N3O3. The van der Waals surface area contributed by atoms with Crippen molar-refractivity contribution in [2.75, 3.05) is 6.54 Å². The lowest BCUT2D eigenvalue weighted by Crippen LogP contribution is -2.32. The fraction of sp³-hybridized carbons (Fsp3) is 0.400. The average Bonchev–Trinajstić information content (AvgIpc) is 2.72. The van der Waals surface area contributed by atoms with Gasteiger partial charge in [0.2, 0.25) is 5.89 Å². The van der Waals surface area contributed by atoms with Crippen LogP contribution in [0.15, 0.2) is 16.2 Å². The summed E-state index contributed by atoms with van der Waals surface area (Å²) in [4.78, 5) is 28.1. The molecule has 0 saturated heterocycles. The van der Waals surface area contributed by atoms with Crippen LogP contribution in [0.5, 0.6) is 0 Å². The van der Waals surface area contributed by atoms with E-state index in [1.807, 2.05) is 0 Å². The van der Waals surface area contributed by atoms with Crippen LogP contribution in [0, 0.1) is 6.92 Å². The zero-order valence-electron chi connectivity index (χ0n) is 9.06. The quantitative estimate of drug-likeness (QED) is 0.683. The monoisotopic (exact) mass is 221 g/mol. The van der Waals surface area contributed by atoms with E-state index in [0.717, 1.165) is 0 Å². The van der Waals surface area contributed by atoms with Gasteiger partial charge in [-0.25, -0.2) is 0 Å². The summed E-state index contributed by atoms with van der Waals surface area (Å²) in [5.74, 6) is 0.457. The molecule has 0 N–H and O–H groups in total. The summed E-state index contributed by atoms with van der Waals surface area (Å²) in [7, 11) is 0. The topological polar surface area (TPSA) is 76.3 Å². The summed E-state index contributed by atoms with van der Waals surface area (Å²) in [6.07, 6.45) is 1.75. The zero-order valence-corrected chi connectivity index (χ0v) is 9.06. The fourth-order valence-corrected chi connectivity index (χ4v) is 1.50. The molecule has 84 valence electrons. The van der Waals surface area contributed by atoms with E-state index in [1.165, 1.54) is 11.0 Å². The number of imide groups is 1. The summed E-state index contributed by atoms with van der Waals surface area (Å²) in [6.45, 7) is 3.59. The van der Waals surface area contributed by atoms with Gasteiger partial charge in [-0.1, -0.05) is 5.16 Å². The Morgan fingerprint density at radius 2 is 2.12 bits per heavy atom. The van der Waals surface area contributed by atoms with E-state index < -0.39 is 0 Å². The normalized spacial score (nSPS) is 15.9. The molecule has 2 amide bonds. The summed E-state index contributed by atoms with van der Waals surface area (Å²) < 4.78 is 4.79. The van der Waals surface area contributed by atoms with Gasteiger partial charge in [0.1, 0.15) is 0 Å². The second-order valence-electron chi connectivity index (χ2n) is 3.60. The van der Waals surface area contributed by atoms with Crippen molar-refractivity contribution >= 4 is 11.8 Å². The van der Waals surface area contributed by atoms with Gasteiger partial charge >= 0.3 is 0 Å². The van der Waals surface area contributed by atoms with E-state index in [1.54, 1.807) is 13.8 Å². The highest BCUT2D eigenvalue weighted by Crippen LogP contribution is 2.12. The van der Waals surface area contributed by atoms with Crippen LogP contribution in [0.3, 0.4) is 0 Å². The van der Waals surface area contributed by atoms with Gasteiger partial charge in [-0.3, -0.25) is 14.5 Å². The molecule has 0 saturated carbocycles. The van der Waals surface area contributed by atoms with Crippen molar-refractivity contribution < 1.29 is 14.1 Å². The number of aromatic nitrogens is 2. The Balaban J connectivity index is 1.97. The highest BCUT2D eigenvalue weighted by atomic mass is 16.5. The van der Waals surface area contributed by atoms with E-state index in [0.29, 0.717) is 23.7 Å². The molecule has 2 rings (SSSR count). The molecule has 1 aliphatic heterocycles. The third kappa shape index (κ3) is 1.86. The van der Waals surface area contributed by atoms with E-state index in [2.05, 4.69) is 10.1 Å². The first-order valence-electron chi connectivity index (χ1n) is 4.91. The smallest absolute Gasteiger partial charge is 0.256 e. The average molecular weight is 221 g/mol. The number of hydrogen-bond donors (Lipinski definition) is 0. The Morgan fingerprint density at radius 3 is 2.62 bits per heavy atom. The lowest BCUT2D eigenvalue weighted by atomic mass is 10.3. The van der Waals surface area contributed by atoms with Crippen molar-refractivity contribution in [1.82, 2.24) is 15.0 Å². The van der Waals surface area contributed by atoms with Crippen LogP contribution in [0.25, 0.3) is 0 Å². The molecular weight excluding hydrogens is 210 g/mol. The van der Waals surface area contributed by atoms with Gasteiger partial charge < -0.3 is 4.52 Å². The maximum Gasteiger partial charge on any atom is 0.256 e. The molecule has 6 nitrogen and oxygen atoms in total. The second-order valence-corrected chi connectivity index (χ2v) is 3.60. The molecule has 0 spiro atoms. The summed E-state index contributed by atoms with van der Waals surface area (Å²) >= 11 is 0. The van der Waals surface area contributed by atoms with Gasteiger partial charge in [-0.05, 0) is 6.92 Å². The van der Waals surface area contributed by atoms with Crippen LogP contribution in [-0.2, 0) is 16.0 Å². The second kappa shape index (κ2) is 3.88. The number of rotatable bonds is 3. The van der Waals surface area contributed by atoms with E-state index in [4.69, 9.17) is 4.52 Å². The highest BCUT2D eigenvalue weighted by Gasteiger charge is 2.27. The van der Waals surface area contributed by atoms with Gasteiger partial charge in [-0.15, -0.1) is 0 Å². The summed E-state index contributed by atoms with van der Waals surface area (Å²) in [6, 6.07) is 0. The molecule has 1 aromatic heterocycles. The van der Waals surface area contributed by atoms with Crippen molar-refractivity contribution in [3.63, 3.8) is 0 Å². The molecule has 0 aromatic carbocycles. The molecule has 0 bridgehead atoms. The first kappa shape index (κ1) is 10.5. The van der Waals surface area contributed by atoms with Crippen LogP contribution < -0.4 is 0 Å². The van der Waals surface area contributed by atoms with E-state index in [-0.39, 0.29) is 18.4 Å². The van der Waals surface area contributed by atoms with Crippen molar-refractivity contribution in [2.24, 2.45) is 0 Å². The zero-order chi connectivity index (χ0) is 11.7. The Kier molecular flexibility index (Phi) is 2.55. The SMILES string of the molecule is CC1=CC(=O)N(CCc2noc(C)n2)C1=O. The molecule has 0 radical (unpaired) electrons. The van der Waals surface area contributed by atoms with Gasteiger partial charge in [0.05, 0.1) is 0 Å². The molecule has 16 heavy (non-hydrogen) atoms. The first-order chi connectivity index (χ1) is 7.58. The Hall–Kier alpha value is -1.98. The van der Waals surface area contributed by atoms with Crippen LogP contribution in [0.4, 0.5) is 0 Å². The van der Waals surface area contributed by atoms with Gasteiger partial charge in [0.15, 0.2) is 5.82 Å². The molecule has 0 fully saturated rings. The molecule has 1 aliphatic rings. The van der Waals surface area contributed by atoms with Crippen LogP contribution in [0.1, 0.15) is 18.6 Å². The van der Waals surface area contributed by atoms with Gasteiger partial charge in [-0.2, -0.15) is 4.98 Å². The third-order valence-corrected chi connectivity index (χ3v) is 2.32. The minimum Gasteiger partial charge on any atom is -0.340 e. The number of carbonyl (C=O) groups is 2. The predicted molar refractivity (Wildman–Crippen MR) is 53.2 cm³/mol.